The molecule has 0 saturated carbocycles. The number of hydrogen-bond acceptors (Lipinski definition) is 0. The van der Waals surface area contributed by atoms with Crippen molar-refractivity contribution in [1.29, 1.82) is 0 Å². The van der Waals surface area contributed by atoms with Gasteiger partial charge in [0.15, 0.2) is 0 Å². The van der Waals surface area contributed by atoms with Crippen LogP contribution in [-0.4, -0.2) is 4.43 Å². The van der Waals surface area contributed by atoms with E-state index >= 15 is 0 Å². The van der Waals surface area contributed by atoms with E-state index < -0.39 is 44.7 Å². The molecule has 0 heterocycles. The van der Waals surface area contributed by atoms with Gasteiger partial charge in [-0.15, -0.1) is 0 Å². The maximum atomic E-state index is 12.5. The third kappa shape index (κ3) is 3.75. The summed E-state index contributed by atoms with van der Waals surface area (Å²) in [5, 5.41) is 0. The molecule has 0 bridgehead atoms. The van der Waals surface area contributed by atoms with Crippen LogP contribution in [0, 0.1) is 3.57 Å². The van der Waals surface area contributed by atoms with Gasteiger partial charge in [0.25, 0.3) is 0 Å². The number of benzene rings is 1. The quantitative estimate of drug-likeness (QED) is 0.415. The first-order valence-electron chi connectivity index (χ1n) is 4.54. The zero-order valence-electron chi connectivity index (χ0n) is 8.58. The second-order valence-electron chi connectivity index (χ2n) is 3.09. The fraction of sp³-hybridized carbons (Fsp3) is 0.400. The topological polar surface area (TPSA) is 0 Å². The molecule has 0 amide bonds. The van der Waals surface area contributed by atoms with Crippen LogP contribution >= 0.6 is 0 Å². The first-order chi connectivity index (χ1) is 7.66. The minimum absolute atomic E-state index is 0.200. The molecule has 0 atom stereocenters. The van der Waals surface area contributed by atoms with Crippen LogP contribution in [0.3, 0.4) is 0 Å². The molecule has 0 aliphatic carbocycles. The summed E-state index contributed by atoms with van der Waals surface area (Å²) in [5.41, 5.74) is -1.96. The Balaban J connectivity index is 3.27. The van der Waals surface area contributed by atoms with Gasteiger partial charge in [0, 0.05) is 0 Å². The molecule has 0 aromatic heterocycles. The molecular weight excluding hydrogens is 361 g/mol. The molecule has 98 valence electrons. The monoisotopic (exact) mass is 369 g/mol. The summed E-state index contributed by atoms with van der Waals surface area (Å²) < 4.78 is 75.0. The molecule has 1 aromatic carbocycles. The van der Waals surface area contributed by atoms with Gasteiger partial charge in [0.1, 0.15) is 0 Å². The van der Waals surface area contributed by atoms with Crippen molar-refractivity contribution < 1.29 is 47.5 Å². The Morgan fingerprint density at radius 3 is 2.00 bits per heavy atom. The SMILES string of the molecule is CC[I-]c1cc(C(F)(F)F)ccc1C(F)(F)F. The molecule has 0 spiro atoms. The van der Waals surface area contributed by atoms with Gasteiger partial charge in [-0.25, -0.2) is 0 Å². The van der Waals surface area contributed by atoms with E-state index in [2.05, 4.69) is 0 Å². The van der Waals surface area contributed by atoms with E-state index in [1.165, 1.54) is 0 Å². The fourth-order valence-corrected chi connectivity index (χ4v) is 3.45. The molecule has 0 saturated heterocycles. The van der Waals surface area contributed by atoms with Crippen molar-refractivity contribution in [2.24, 2.45) is 0 Å². The molecule has 0 aliphatic rings. The molecule has 0 aliphatic heterocycles. The molecule has 1 rings (SSSR count). The van der Waals surface area contributed by atoms with Gasteiger partial charge in [-0.3, -0.25) is 0 Å². The first kappa shape index (κ1) is 14.6. The molecule has 0 fully saturated rings. The zero-order chi connectivity index (χ0) is 13.3. The van der Waals surface area contributed by atoms with Gasteiger partial charge < -0.3 is 0 Å². The summed E-state index contributed by atoms with van der Waals surface area (Å²) in [7, 11) is 0. The third-order valence-corrected chi connectivity index (χ3v) is 4.36. The Kier molecular flexibility index (Phi) is 4.32. The minimum atomic E-state index is -4.60. The average Bonchev–Trinajstić information content (AvgIpc) is 2.15. The van der Waals surface area contributed by atoms with Crippen LogP contribution in [0.5, 0.6) is 0 Å². The van der Waals surface area contributed by atoms with Crippen LogP contribution in [0.2, 0.25) is 0 Å². The van der Waals surface area contributed by atoms with E-state index in [4.69, 9.17) is 0 Å². The van der Waals surface area contributed by atoms with E-state index in [-0.39, 0.29) is 3.57 Å². The number of halogens is 7. The van der Waals surface area contributed by atoms with Crippen LogP contribution < -0.4 is 21.2 Å². The Hall–Kier alpha value is -0.470. The summed E-state index contributed by atoms with van der Waals surface area (Å²) in [5.74, 6) is 0. The second-order valence-corrected chi connectivity index (χ2v) is 6.54. The summed E-state index contributed by atoms with van der Waals surface area (Å²) in [4.78, 5) is 0. The van der Waals surface area contributed by atoms with E-state index in [9.17, 15) is 26.3 Å². The third-order valence-electron chi connectivity index (χ3n) is 1.88. The molecule has 0 nitrogen and oxygen atoms in total. The van der Waals surface area contributed by atoms with Crippen LogP contribution in [0.4, 0.5) is 26.3 Å². The average molecular weight is 369 g/mol. The predicted molar refractivity (Wildman–Crippen MR) is 45.7 cm³/mol. The number of hydrogen-bond donors (Lipinski definition) is 0. The normalized spacial score (nSPS) is 13.1. The predicted octanol–water partition coefficient (Wildman–Crippen LogP) is 1.00. The van der Waals surface area contributed by atoms with Crippen LogP contribution in [-0.2, 0) is 12.4 Å². The van der Waals surface area contributed by atoms with Crippen LogP contribution in [0.15, 0.2) is 18.2 Å². The molecule has 1 aromatic rings. The Morgan fingerprint density at radius 1 is 1.00 bits per heavy atom. The van der Waals surface area contributed by atoms with Crippen molar-refractivity contribution in [3.05, 3.63) is 32.9 Å². The fourth-order valence-electron chi connectivity index (χ4n) is 1.18. The van der Waals surface area contributed by atoms with Crippen molar-refractivity contribution in [1.82, 2.24) is 0 Å². The molecule has 0 N–H and O–H groups in total. The van der Waals surface area contributed by atoms with Crippen molar-refractivity contribution in [2.45, 2.75) is 19.3 Å². The van der Waals surface area contributed by atoms with Gasteiger partial charge in [-0.2, -0.15) is 0 Å². The summed E-state index contributed by atoms with van der Waals surface area (Å²) in [6, 6.07) is 1.62. The van der Waals surface area contributed by atoms with Gasteiger partial charge in [0.2, 0.25) is 0 Å². The van der Waals surface area contributed by atoms with Crippen LogP contribution in [0.25, 0.3) is 0 Å². The van der Waals surface area contributed by atoms with E-state index in [0.717, 1.165) is 0 Å². The Morgan fingerprint density at radius 2 is 1.59 bits per heavy atom. The number of rotatable bonds is 2. The molecular formula is C10H8F6I-. The summed E-state index contributed by atoms with van der Waals surface area (Å²) >= 11 is -1.04. The van der Waals surface area contributed by atoms with Gasteiger partial charge in [-0.05, 0) is 0 Å². The maximum absolute atomic E-state index is 12.5. The Labute approximate surface area is 104 Å². The van der Waals surface area contributed by atoms with Gasteiger partial charge >= 0.3 is 104 Å². The second kappa shape index (κ2) is 5.03. The van der Waals surface area contributed by atoms with Gasteiger partial charge in [0.05, 0.1) is 0 Å². The molecule has 0 unspecified atom stereocenters. The van der Waals surface area contributed by atoms with Gasteiger partial charge in [-0.1, -0.05) is 0 Å². The number of alkyl halides is 7. The van der Waals surface area contributed by atoms with E-state index in [1.807, 2.05) is 0 Å². The van der Waals surface area contributed by atoms with Crippen molar-refractivity contribution in [3.63, 3.8) is 0 Å². The van der Waals surface area contributed by atoms with Crippen molar-refractivity contribution in [3.8, 4) is 0 Å². The molecule has 7 heteroatoms. The Bertz CT molecular complexity index is 393. The van der Waals surface area contributed by atoms with Crippen molar-refractivity contribution >= 4 is 0 Å². The summed E-state index contributed by atoms with van der Waals surface area (Å²) in [6.07, 6.45) is -9.19. The molecule has 0 radical (unpaired) electrons. The summed E-state index contributed by atoms with van der Waals surface area (Å²) in [6.45, 7) is 1.66. The van der Waals surface area contributed by atoms with Crippen molar-refractivity contribution in [2.75, 3.05) is 4.43 Å². The van der Waals surface area contributed by atoms with E-state index in [0.29, 0.717) is 22.6 Å². The van der Waals surface area contributed by atoms with E-state index in [1.54, 1.807) is 6.92 Å². The zero-order valence-corrected chi connectivity index (χ0v) is 10.7. The van der Waals surface area contributed by atoms with Crippen LogP contribution in [0.1, 0.15) is 18.1 Å². The first-order valence-corrected chi connectivity index (χ1v) is 7.14. The standard InChI is InChI=1S/C10H8F6I/c1-2-17-8-5-6(9(11,12)13)3-4-7(8)10(14,15)16/h3-5H,2H2,1H3/q-1. The molecule has 17 heavy (non-hydrogen) atoms.